The molecule has 0 aliphatic carbocycles. The molecule has 0 fully saturated rings. The lowest BCUT2D eigenvalue weighted by atomic mass is 10.2. The maximum Gasteiger partial charge on any atom is 0.124 e. The van der Waals surface area contributed by atoms with E-state index in [1.54, 1.807) is 0 Å². The average molecular weight is 293 g/mol. The second kappa shape index (κ2) is 5.46. The Bertz CT molecular complexity index is 763. The normalized spacial score (nSPS) is 18.7. The maximum absolute atomic E-state index is 6.01. The highest BCUT2D eigenvalue weighted by Crippen LogP contribution is 2.25. The van der Waals surface area contributed by atoms with Crippen LogP contribution in [0, 0.1) is 0 Å². The number of nitrogens with zero attached hydrogens (tertiary/aromatic N) is 2. The van der Waals surface area contributed by atoms with Gasteiger partial charge in [0.1, 0.15) is 17.7 Å². The van der Waals surface area contributed by atoms with Crippen LogP contribution in [0.15, 0.2) is 48.5 Å². The fraction of sp³-hybridized carbons (Fsp3) is 0.278. The minimum atomic E-state index is 0.174. The Morgan fingerprint density at radius 3 is 2.91 bits per heavy atom. The smallest absolute Gasteiger partial charge is 0.124 e. The summed E-state index contributed by atoms with van der Waals surface area (Å²) in [6.45, 7) is 4.70. The third-order valence-corrected chi connectivity index (χ3v) is 4.02. The van der Waals surface area contributed by atoms with E-state index in [0.29, 0.717) is 0 Å². The van der Waals surface area contributed by atoms with Crippen LogP contribution in [0.2, 0.25) is 0 Å². The number of para-hydroxylation sites is 3. The van der Waals surface area contributed by atoms with Gasteiger partial charge in [-0.2, -0.15) is 0 Å². The molecule has 0 bridgehead atoms. The Balaban J connectivity index is 1.59. The molecule has 2 aromatic carbocycles. The summed E-state index contributed by atoms with van der Waals surface area (Å²) in [6, 6.07) is 16.4. The first-order chi connectivity index (χ1) is 10.8. The van der Waals surface area contributed by atoms with Crippen LogP contribution in [-0.4, -0.2) is 27.5 Å². The second-order valence-corrected chi connectivity index (χ2v) is 5.91. The standard InChI is InChI=1S/C18H19N3O/c1-13-10-21(11-14-6-2-5-9-17(14)22-13)12-18-19-15-7-3-4-8-16(15)20-18/h2-9,13H,10-12H2,1H3,(H,19,20). The highest BCUT2D eigenvalue weighted by atomic mass is 16.5. The summed E-state index contributed by atoms with van der Waals surface area (Å²) in [6.07, 6.45) is 0.174. The molecule has 4 rings (SSSR count). The maximum atomic E-state index is 6.01. The van der Waals surface area contributed by atoms with Crippen LogP contribution in [0.1, 0.15) is 18.3 Å². The van der Waals surface area contributed by atoms with Crippen molar-refractivity contribution in [3.63, 3.8) is 0 Å². The molecule has 22 heavy (non-hydrogen) atoms. The molecular formula is C18H19N3O. The van der Waals surface area contributed by atoms with Gasteiger partial charge >= 0.3 is 0 Å². The van der Waals surface area contributed by atoms with E-state index in [1.807, 2.05) is 24.3 Å². The van der Waals surface area contributed by atoms with Crippen molar-refractivity contribution in [2.24, 2.45) is 0 Å². The molecule has 4 nitrogen and oxygen atoms in total. The summed E-state index contributed by atoms with van der Waals surface area (Å²) in [5, 5.41) is 0. The molecule has 2 heterocycles. The zero-order valence-corrected chi connectivity index (χ0v) is 12.6. The van der Waals surface area contributed by atoms with Crippen LogP contribution >= 0.6 is 0 Å². The third kappa shape index (κ3) is 2.57. The quantitative estimate of drug-likeness (QED) is 0.788. The summed E-state index contributed by atoms with van der Waals surface area (Å²) < 4.78 is 6.01. The van der Waals surface area contributed by atoms with Crippen LogP contribution in [-0.2, 0) is 13.1 Å². The highest BCUT2D eigenvalue weighted by molar-refractivity contribution is 5.74. The highest BCUT2D eigenvalue weighted by Gasteiger charge is 2.20. The molecule has 0 radical (unpaired) electrons. The van der Waals surface area contributed by atoms with Gasteiger partial charge < -0.3 is 9.72 Å². The lowest BCUT2D eigenvalue weighted by Gasteiger charge is -2.20. The van der Waals surface area contributed by atoms with E-state index in [-0.39, 0.29) is 6.10 Å². The summed E-state index contributed by atoms with van der Waals surface area (Å²) in [5.41, 5.74) is 3.36. The van der Waals surface area contributed by atoms with Gasteiger partial charge in [0.2, 0.25) is 0 Å². The van der Waals surface area contributed by atoms with Gasteiger partial charge in [-0.3, -0.25) is 4.90 Å². The fourth-order valence-electron chi connectivity index (χ4n) is 3.09. The van der Waals surface area contributed by atoms with E-state index in [2.05, 4.69) is 46.1 Å². The molecule has 1 aliphatic rings. The van der Waals surface area contributed by atoms with Crippen LogP contribution < -0.4 is 4.74 Å². The molecule has 1 aliphatic heterocycles. The van der Waals surface area contributed by atoms with Gasteiger partial charge in [-0.1, -0.05) is 30.3 Å². The van der Waals surface area contributed by atoms with E-state index >= 15 is 0 Å². The molecule has 0 saturated heterocycles. The van der Waals surface area contributed by atoms with E-state index in [4.69, 9.17) is 4.74 Å². The zero-order chi connectivity index (χ0) is 14.9. The molecule has 112 valence electrons. The van der Waals surface area contributed by atoms with Gasteiger partial charge in [0.05, 0.1) is 17.6 Å². The Labute approximate surface area is 129 Å². The summed E-state index contributed by atoms with van der Waals surface area (Å²) in [4.78, 5) is 10.5. The van der Waals surface area contributed by atoms with Crippen molar-refractivity contribution in [3.05, 3.63) is 59.9 Å². The summed E-state index contributed by atoms with van der Waals surface area (Å²) in [5.74, 6) is 2.01. The zero-order valence-electron chi connectivity index (χ0n) is 12.6. The van der Waals surface area contributed by atoms with Gasteiger partial charge in [0, 0.05) is 18.7 Å². The van der Waals surface area contributed by atoms with Crippen molar-refractivity contribution in [1.29, 1.82) is 0 Å². The van der Waals surface area contributed by atoms with E-state index in [1.165, 1.54) is 5.56 Å². The first-order valence-corrected chi connectivity index (χ1v) is 7.68. The molecule has 1 atom stereocenters. The number of aromatic amines is 1. The van der Waals surface area contributed by atoms with Gasteiger partial charge in [-0.05, 0) is 25.1 Å². The Kier molecular flexibility index (Phi) is 3.31. The number of hydrogen-bond acceptors (Lipinski definition) is 3. The molecule has 4 heteroatoms. The minimum absolute atomic E-state index is 0.174. The van der Waals surface area contributed by atoms with E-state index in [9.17, 15) is 0 Å². The molecule has 0 spiro atoms. The Morgan fingerprint density at radius 2 is 2.00 bits per heavy atom. The number of fused-ring (bicyclic) bond motifs is 2. The largest absolute Gasteiger partial charge is 0.489 e. The number of imidazole rings is 1. The number of benzene rings is 2. The minimum Gasteiger partial charge on any atom is -0.489 e. The summed E-state index contributed by atoms with van der Waals surface area (Å²) in [7, 11) is 0. The van der Waals surface area contributed by atoms with Gasteiger partial charge in [-0.25, -0.2) is 4.98 Å². The monoisotopic (exact) mass is 293 g/mol. The first-order valence-electron chi connectivity index (χ1n) is 7.68. The molecule has 0 saturated carbocycles. The van der Waals surface area contributed by atoms with Crippen LogP contribution in [0.5, 0.6) is 5.75 Å². The third-order valence-electron chi connectivity index (χ3n) is 4.02. The molecule has 1 aromatic heterocycles. The number of hydrogen-bond donors (Lipinski definition) is 1. The SMILES string of the molecule is CC1CN(Cc2nc3ccccc3[nH]2)Cc2ccccc2O1. The van der Waals surface area contributed by atoms with E-state index < -0.39 is 0 Å². The van der Waals surface area contributed by atoms with Crippen molar-refractivity contribution >= 4 is 11.0 Å². The lowest BCUT2D eigenvalue weighted by molar-refractivity contribution is 0.154. The van der Waals surface area contributed by atoms with Gasteiger partial charge in [-0.15, -0.1) is 0 Å². The number of nitrogens with one attached hydrogen (secondary N) is 1. The average Bonchev–Trinajstić information content (AvgIpc) is 2.83. The van der Waals surface area contributed by atoms with Crippen molar-refractivity contribution in [2.75, 3.05) is 6.54 Å². The van der Waals surface area contributed by atoms with E-state index in [0.717, 1.165) is 42.2 Å². The number of ether oxygens (including phenoxy) is 1. The molecule has 0 amide bonds. The van der Waals surface area contributed by atoms with Crippen LogP contribution in [0.3, 0.4) is 0 Å². The topological polar surface area (TPSA) is 41.2 Å². The molecular weight excluding hydrogens is 274 g/mol. The van der Waals surface area contributed by atoms with Crippen molar-refractivity contribution in [3.8, 4) is 5.75 Å². The van der Waals surface area contributed by atoms with Crippen molar-refractivity contribution < 1.29 is 4.74 Å². The number of H-pyrrole nitrogens is 1. The van der Waals surface area contributed by atoms with Gasteiger partial charge in [0.15, 0.2) is 0 Å². The first kappa shape index (κ1) is 13.3. The van der Waals surface area contributed by atoms with Crippen molar-refractivity contribution in [1.82, 2.24) is 14.9 Å². The molecule has 1 unspecified atom stereocenters. The number of aromatic nitrogens is 2. The predicted molar refractivity (Wildman–Crippen MR) is 86.7 cm³/mol. The number of rotatable bonds is 2. The van der Waals surface area contributed by atoms with Crippen molar-refractivity contribution in [2.45, 2.75) is 26.1 Å². The molecule has 3 aromatic rings. The Hall–Kier alpha value is -2.33. The summed E-state index contributed by atoms with van der Waals surface area (Å²) >= 11 is 0. The lowest BCUT2D eigenvalue weighted by Crippen LogP contribution is -2.30. The van der Waals surface area contributed by atoms with Crippen LogP contribution in [0.25, 0.3) is 11.0 Å². The van der Waals surface area contributed by atoms with Crippen LogP contribution in [0.4, 0.5) is 0 Å². The van der Waals surface area contributed by atoms with Gasteiger partial charge in [0.25, 0.3) is 0 Å². The second-order valence-electron chi connectivity index (χ2n) is 5.91. The Morgan fingerprint density at radius 1 is 1.18 bits per heavy atom. The molecule has 1 N–H and O–H groups in total. The predicted octanol–water partition coefficient (Wildman–Crippen LogP) is 3.35. The fourth-order valence-corrected chi connectivity index (χ4v) is 3.09.